The van der Waals surface area contributed by atoms with Crippen molar-refractivity contribution in [2.45, 2.75) is 6.92 Å². The molecule has 3 nitrogen and oxygen atoms in total. The lowest BCUT2D eigenvalue weighted by atomic mass is 9.88. The summed E-state index contributed by atoms with van der Waals surface area (Å²) < 4.78 is 0.428. The van der Waals surface area contributed by atoms with E-state index < -0.39 is 7.12 Å². The maximum absolute atomic E-state index is 8.70. The topological polar surface area (TPSA) is 66.5 Å². The molecule has 10 heavy (non-hydrogen) atoms. The maximum atomic E-state index is 8.70. The molecule has 4 N–H and O–H groups in total. The highest BCUT2D eigenvalue weighted by atomic mass is 32.1. The van der Waals surface area contributed by atoms with Gasteiger partial charge in [0.2, 0.25) is 0 Å². The summed E-state index contributed by atoms with van der Waals surface area (Å²) in [4.78, 5) is 0.987. The zero-order valence-electron chi connectivity index (χ0n) is 5.53. The molecule has 0 bridgehead atoms. The molecule has 0 atom stereocenters. The van der Waals surface area contributed by atoms with Gasteiger partial charge in [-0.1, -0.05) is 0 Å². The van der Waals surface area contributed by atoms with Crippen LogP contribution in [0.5, 0.6) is 0 Å². The Labute approximate surface area is 63.3 Å². The van der Waals surface area contributed by atoms with Gasteiger partial charge in [-0.15, -0.1) is 11.3 Å². The van der Waals surface area contributed by atoms with E-state index in [9.17, 15) is 0 Å². The number of aryl methyl sites for hydroxylation is 1. The maximum Gasteiger partial charge on any atom is 0.501 e. The minimum absolute atomic E-state index is 0.428. The number of hydrogen-bond acceptors (Lipinski definition) is 4. The van der Waals surface area contributed by atoms with Gasteiger partial charge in [-0.25, -0.2) is 0 Å². The summed E-state index contributed by atoms with van der Waals surface area (Å²) in [6.45, 7) is 1.87. The minimum atomic E-state index is -1.43. The Morgan fingerprint density at radius 1 is 1.60 bits per heavy atom. The second-order valence-corrected chi connectivity index (χ2v) is 3.34. The Bertz CT molecular complexity index is 236. The van der Waals surface area contributed by atoms with Crippen molar-refractivity contribution in [1.82, 2.24) is 0 Å². The summed E-state index contributed by atoms with van der Waals surface area (Å²) in [5.41, 5.74) is 5.89. The van der Waals surface area contributed by atoms with Gasteiger partial charge >= 0.3 is 7.12 Å². The first-order chi connectivity index (χ1) is 4.61. The van der Waals surface area contributed by atoms with E-state index >= 15 is 0 Å². The van der Waals surface area contributed by atoms with Gasteiger partial charge < -0.3 is 15.8 Å². The van der Waals surface area contributed by atoms with Crippen molar-refractivity contribution >= 4 is 28.9 Å². The molecule has 0 aromatic carbocycles. The van der Waals surface area contributed by atoms with E-state index in [0.29, 0.717) is 10.5 Å². The van der Waals surface area contributed by atoms with Crippen LogP contribution >= 0.6 is 11.3 Å². The highest BCUT2D eigenvalue weighted by molar-refractivity contribution is 7.22. The Morgan fingerprint density at radius 2 is 2.20 bits per heavy atom. The lowest BCUT2D eigenvalue weighted by molar-refractivity contribution is 0.427. The second kappa shape index (κ2) is 2.61. The third kappa shape index (κ3) is 1.31. The van der Waals surface area contributed by atoms with Crippen LogP contribution in [0.2, 0.25) is 0 Å². The SMILES string of the molecule is Cc1cc(N)c(B(O)O)s1. The molecule has 1 aromatic rings. The normalized spacial score (nSPS) is 9.90. The highest BCUT2D eigenvalue weighted by Crippen LogP contribution is 2.12. The summed E-state index contributed by atoms with van der Waals surface area (Å²) >= 11 is 1.30. The number of nitrogen functional groups attached to an aromatic ring is 1. The van der Waals surface area contributed by atoms with Crippen LogP contribution in [-0.4, -0.2) is 17.2 Å². The van der Waals surface area contributed by atoms with Crippen molar-refractivity contribution in [2.75, 3.05) is 5.73 Å². The zero-order chi connectivity index (χ0) is 7.72. The number of hydrogen-bond donors (Lipinski definition) is 3. The number of anilines is 1. The van der Waals surface area contributed by atoms with Gasteiger partial charge in [-0.3, -0.25) is 0 Å². The van der Waals surface area contributed by atoms with Gasteiger partial charge in [0.25, 0.3) is 0 Å². The summed E-state index contributed by atoms with van der Waals surface area (Å²) in [7, 11) is -1.43. The van der Waals surface area contributed by atoms with E-state index in [4.69, 9.17) is 15.8 Å². The Hall–Kier alpha value is -0.515. The average molecular weight is 157 g/mol. The Morgan fingerprint density at radius 3 is 2.40 bits per heavy atom. The van der Waals surface area contributed by atoms with Gasteiger partial charge in [0.05, 0.1) is 4.78 Å². The van der Waals surface area contributed by atoms with Crippen molar-refractivity contribution in [3.8, 4) is 0 Å². The number of nitrogens with two attached hydrogens (primary N) is 1. The predicted octanol–water partition coefficient (Wildman–Crippen LogP) is -0.681. The number of thiophene rings is 1. The van der Waals surface area contributed by atoms with Crippen LogP contribution in [-0.2, 0) is 0 Å². The number of rotatable bonds is 1. The molecule has 0 fully saturated rings. The summed E-state index contributed by atoms with van der Waals surface area (Å²) in [5.74, 6) is 0. The summed E-state index contributed by atoms with van der Waals surface area (Å²) in [5, 5.41) is 17.4. The third-order valence-corrected chi connectivity index (χ3v) is 2.25. The Balaban J connectivity index is 3.03. The van der Waals surface area contributed by atoms with Gasteiger partial charge in [0.15, 0.2) is 0 Å². The Kier molecular flexibility index (Phi) is 1.98. The molecule has 54 valence electrons. The molecule has 0 unspecified atom stereocenters. The third-order valence-electron chi connectivity index (χ3n) is 1.15. The fourth-order valence-electron chi connectivity index (χ4n) is 0.754. The fourth-order valence-corrected chi connectivity index (χ4v) is 1.57. The van der Waals surface area contributed by atoms with Crippen LogP contribution in [0.3, 0.4) is 0 Å². The van der Waals surface area contributed by atoms with E-state index in [1.165, 1.54) is 11.3 Å². The van der Waals surface area contributed by atoms with Gasteiger partial charge in [-0.2, -0.15) is 0 Å². The lowest BCUT2D eigenvalue weighted by Gasteiger charge is -1.93. The first-order valence-electron chi connectivity index (χ1n) is 2.83. The molecular formula is C5H8BNO2S. The van der Waals surface area contributed by atoms with Gasteiger partial charge in [0.1, 0.15) is 0 Å². The van der Waals surface area contributed by atoms with Crippen LogP contribution in [0.1, 0.15) is 4.88 Å². The standard InChI is InChI=1S/C5H8BNO2S/c1-3-2-4(7)5(10-3)6(8)9/h2,8-9H,7H2,1H3. The van der Waals surface area contributed by atoms with E-state index in [1.54, 1.807) is 6.07 Å². The van der Waals surface area contributed by atoms with E-state index in [2.05, 4.69) is 0 Å². The average Bonchev–Trinajstić information content (AvgIpc) is 2.10. The molecule has 1 heterocycles. The molecule has 1 rings (SSSR count). The molecule has 1 aromatic heterocycles. The van der Waals surface area contributed by atoms with Crippen molar-refractivity contribution in [2.24, 2.45) is 0 Å². The molecule has 0 spiro atoms. The first-order valence-corrected chi connectivity index (χ1v) is 3.65. The van der Waals surface area contributed by atoms with Crippen LogP contribution in [0.25, 0.3) is 0 Å². The van der Waals surface area contributed by atoms with Gasteiger partial charge in [0, 0.05) is 10.6 Å². The molecule has 0 aliphatic carbocycles. The van der Waals surface area contributed by atoms with Crippen molar-refractivity contribution in [1.29, 1.82) is 0 Å². The van der Waals surface area contributed by atoms with Gasteiger partial charge in [-0.05, 0) is 13.0 Å². The van der Waals surface area contributed by atoms with E-state index in [1.807, 2.05) is 6.92 Å². The minimum Gasteiger partial charge on any atom is -0.423 e. The summed E-state index contributed by atoms with van der Waals surface area (Å²) in [6.07, 6.45) is 0. The monoisotopic (exact) mass is 157 g/mol. The van der Waals surface area contributed by atoms with Crippen LogP contribution in [0.15, 0.2) is 6.07 Å². The van der Waals surface area contributed by atoms with E-state index in [-0.39, 0.29) is 0 Å². The lowest BCUT2D eigenvalue weighted by Crippen LogP contribution is -2.28. The molecule has 0 saturated heterocycles. The van der Waals surface area contributed by atoms with Crippen molar-refractivity contribution in [3.63, 3.8) is 0 Å². The van der Waals surface area contributed by atoms with E-state index in [0.717, 1.165) is 4.88 Å². The summed E-state index contributed by atoms with van der Waals surface area (Å²) in [6, 6.07) is 1.72. The highest BCUT2D eigenvalue weighted by Gasteiger charge is 2.16. The zero-order valence-corrected chi connectivity index (χ0v) is 6.35. The first kappa shape index (κ1) is 7.59. The fraction of sp³-hybridized carbons (Fsp3) is 0.200. The second-order valence-electron chi connectivity index (χ2n) is 2.05. The van der Waals surface area contributed by atoms with Crippen molar-refractivity contribution in [3.05, 3.63) is 10.9 Å². The largest absolute Gasteiger partial charge is 0.501 e. The van der Waals surface area contributed by atoms with Crippen LogP contribution in [0.4, 0.5) is 5.69 Å². The molecule has 0 aliphatic rings. The molecule has 0 saturated carbocycles. The van der Waals surface area contributed by atoms with Crippen LogP contribution in [0, 0.1) is 6.92 Å². The van der Waals surface area contributed by atoms with Crippen LogP contribution < -0.4 is 10.5 Å². The molecular weight excluding hydrogens is 149 g/mol. The smallest absolute Gasteiger partial charge is 0.423 e. The molecule has 0 aliphatic heterocycles. The molecule has 5 heteroatoms. The van der Waals surface area contributed by atoms with Crippen molar-refractivity contribution < 1.29 is 10.0 Å². The molecule has 0 radical (unpaired) electrons. The predicted molar refractivity (Wildman–Crippen MR) is 43.3 cm³/mol. The quantitative estimate of drug-likeness (QED) is 0.473. The molecule has 0 amide bonds.